The van der Waals surface area contributed by atoms with E-state index in [4.69, 9.17) is 4.74 Å². The number of carbonyl (C=O) groups is 2. The molecule has 0 atom stereocenters. The van der Waals surface area contributed by atoms with Crippen LogP contribution in [0.1, 0.15) is 27.2 Å². The van der Waals surface area contributed by atoms with E-state index in [1.807, 2.05) is 13.8 Å². The minimum Gasteiger partial charge on any atom is -0.463 e. The fraction of sp³-hybridized carbons (Fsp3) is 0.600. The molecule has 3 nitrogen and oxygen atoms in total. The Morgan fingerprint density at radius 1 is 1.46 bits per heavy atom. The van der Waals surface area contributed by atoms with E-state index in [-0.39, 0.29) is 11.4 Å². The minimum atomic E-state index is -0.360. The van der Waals surface area contributed by atoms with Crippen molar-refractivity contribution in [3.8, 4) is 0 Å². The van der Waals surface area contributed by atoms with Crippen LogP contribution in [0.5, 0.6) is 0 Å². The Kier molecular flexibility index (Phi) is 5.04. The number of hydrogen-bond acceptors (Lipinski definition) is 3. The average molecular weight is 184 g/mol. The summed E-state index contributed by atoms with van der Waals surface area (Å²) in [5.74, 6) is -0.360. The van der Waals surface area contributed by atoms with E-state index in [1.54, 1.807) is 13.0 Å². The highest BCUT2D eigenvalue weighted by atomic mass is 16.5. The molecule has 0 saturated carbocycles. The van der Waals surface area contributed by atoms with Gasteiger partial charge in [0.15, 0.2) is 0 Å². The maximum Gasteiger partial charge on any atom is 0.330 e. The van der Waals surface area contributed by atoms with Crippen molar-refractivity contribution in [3.05, 3.63) is 12.2 Å². The summed E-state index contributed by atoms with van der Waals surface area (Å²) in [5.41, 5.74) is -0.269. The molecule has 0 heterocycles. The number of rotatable bonds is 5. The third-order valence-electron chi connectivity index (χ3n) is 1.57. The average Bonchev–Trinajstić information content (AvgIpc) is 2.02. The highest BCUT2D eigenvalue weighted by molar-refractivity contribution is 5.82. The Balaban J connectivity index is 4.08. The molecule has 0 aromatic carbocycles. The van der Waals surface area contributed by atoms with Gasteiger partial charge in [0.25, 0.3) is 0 Å². The third kappa shape index (κ3) is 6.08. The lowest BCUT2D eigenvalue weighted by Crippen LogP contribution is -2.09. The molecule has 0 bridgehead atoms. The number of esters is 1. The molecule has 0 unspecified atom stereocenters. The van der Waals surface area contributed by atoms with E-state index in [2.05, 4.69) is 0 Å². The van der Waals surface area contributed by atoms with Crippen LogP contribution >= 0.6 is 0 Å². The Labute approximate surface area is 78.8 Å². The van der Waals surface area contributed by atoms with Gasteiger partial charge in [-0.1, -0.05) is 19.9 Å². The van der Waals surface area contributed by atoms with Crippen molar-refractivity contribution in [2.45, 2.75) is 27.2 Å². The molecule has 0 aliphatic heterocycles. The molecule has 0 aliphatic carbocycles. The summed E-state index contributed by atoms with van der Waals surface area (Å²) < 4.78 is 4.70. The van der Waals surface area contributed by atoms with E-state index in [9.17, 15) is 9.59 Å². The van der Waals surface area contributed by atoms with Gasteiger partial charge in [-0.05, 0) is 12.3 Å². The van der Waals surface area contributed by atoms with E-state index >= 15 is 0 Å². The quantitative estimate of drug-likeness (QED) is 0.371. The second-order valence-corrected chi connectivity index (χ2v) is 3.44. The zero-order chi connectivity index (χ0) is 10.3. The first kappa shape index (κ1) is 11.9. The lowest BCUT2D eigenvalue weighted by molar-refractivity contribution is -0.137. The van der Waals surface area contributed by atoms with Crippen molar-refractivity contribution in [3.63, 3.8) is 0 Å². The Hall–Kier alpha value is -1.12. The van der Waals surface area contributed by atoms with Crippen LogP contribution in [0.2, 0.25) is 0 Å². The van der Waals surface area contributed by atoms with Gasteiger partial charge in [0.2, 0.25) is 0 Å². The smallest absolute Gasteiger partial charge is 0.330 e. The van der Waals surface area contributed by atoms with E-state index in [0.29, 0.717) is 13.0 Å². The summed E-state index contributed by atoms with van der Waals surface area (Å²) in [5, 5.41) is 0. The molecule has 0 N–H and O–H groups in total. The van der Waals surface area contributed by atoms with Gasteiger partial charge < -0.3 is 9.53 Å². The van der Waals surface area contributed by atoms with Crippen molar-refractivity contribution in [1.82, 2.24) is 0 Å². The molecule has 74 valence electrons. The molecular weight excluding hydrogens is 168 g/mol. The minimum absolute atomic E-state index is 0.269. The monoisotopic (exact) mass is 184 g/mol. The van der Waals surface area contributed by atoms with Gasteiger partial charge in [0.05, 0.1) is 6.61 Å². The number of hydrogen-bond donors (Lipinski definition) is 0. The summed E-state index contributed by atoms with van der Waals surface area (Å²) in [4.78, 5) is 21.1. The SMILES string of the molecule is CCOC(=O)/C=C/C(C)(C)CC=O. The highest BCUT2D eigenvalue weighted by Crippen LogP contribution is 2.20. The van der Waals surface area contributed by atoms with Gasteiger partial charge in [-0.15, -0.1) is 0 Å². The van der Waals surface area contributed by atoms with E-state index < -0.39 is 0 Å². The van der Waals surface area contributed by atoms with Gasteiger partial charge in [-0.3, -0.25) is 0 Å². The Bertz CT molecular complexity index is 204. The lowest BCUT2D eigenvalue weighted by Gasteiger charge is -2.15. The first-order valence-corrected chi connectivity index (χ1v) is 4.31. The standard InChI is InChI=1S/C10H16O3/c1-4-13-9(12)5-6-10(2,3)7-8-11/h5-6,8H,4,7H2,1-3H3/b6-5+. The maximum absolute atomic E-state index is 10.9. The third-order valence-corrected chi connectivity index (χ3v) is 1.57. The zero-order valence-corrected chi connectivity index (χ0v) is 8.37. The summed E-state index contributed by atoms with van der Waals surface area (Å²) in [7, 11) is 0. The van der Waals surface area contributed by atoms with Crippen LogP contribution in [-0.4, -0.2) is 18.9 Å². The molecule has 3 heteroatoms. The van der Waals surface area contributed by atoms with Crippen LogP contribution in [-0.2, 0) is 14.3 Å². The normalized spacial score (nSPS) is 11.6. The van der Waals surface area contributed by atoms with Crippen molar-refractivity contribution in [2.24, 2.45) is 5.41 Å². The second kappa shape index (κ2) is 5.51. The number of aldehydes is 1. The maximum atomic E-state index is 10.9. The van der Waals surface area contributed by atoms with Gasteiger partial charge in [-0.25, -0.2) is 4.79 Å². The summed E-state index contributed by atoms with van der Waals surface area (Å²) in [6.45, 7) is 5.90. The van der Waals surface area contributed by atoms with Crippen molar-refractivity contribution >= 4 is 12.3 Å². The first-order chi connectivity index (χ1) is 6.02. The van der Waals surface area contributed by atoms with Crippen LogP contribution in [0.4, 0.5) is 0 Å². The van der Waals surface area contributed by atoms with Crippen LogP contribution < -0.4 is 0 Å². The molecule has 0 aromatic rings. The largest absolute Gasteiger partial charge is 0.463 e. The van der Waals surface area contributed by atoms with Gasteiger partial charge in [0.1, 0.15) is 6.29 Å². The lowest BCUT2D eigenvalue weighted by atomic mass is 9.90. The Morgan fingerprint density at radius 3 is 2.54 bits per heavy atom. The predicted molar refractivity (Wildman–Crippen MR) is 50.2 cm³/mol. The highest BCUT2D eigenvalue weighted by Gasteiger charge is 2.13. The molecular formula is C10H16O3. The fourth-order valence-corrected chi connectivity index (χ4v) is 0.767. The van der Waals surface area contributed by atoms with E-state index in [1.165, 1.54) is 6.08 Å². The molecule has 0 aliphatic rings. The van der Waals surface area contributed by atoms with Crippen molar-refractivity contribution in [2.75, 3.05) is 6.61 Å². The Morgan fingerprint density at radius 2 is 2.08 bits per heavy atom. The van der Waals surface area contributed by atoms with Crippen LogP contribution in [0.3, 0.4) is 0 Å². The topological polar surface area (TPSA) is 43.4 Å². The number of ether oxygens (including phenoxy) is 1. The van der Waals surface area contributed by atoms with Crippen LogP contribution in [0.15, 0.2) is 12.2 Å². The van der Waals surface area contributed by atoms with Gasteiger partial charge >= 0.3 is 5.97 Å². The van der Waals surface area contributed by atoms with E-state index in [0.717, 1.165) is 6.29 Å². The van der Waals surface area contributed by atoms with Crippen molar-refractivity contribution < 1.29 is 14.3 Å². The molecule has 0 saturated heterocycles. The van der Waals surface area contributed by atoms with Crippen LogP contribution in [0.25, 0.3) is 0 Å². The van der Waals surface area contributed by atoms with Gasteiger partial charge in [-0.2, -0.15) is 0 Å². The number of carbonyl (C=O) groups excluding carboxylic acids is 2. The summed E-state index contributed by atoms with van der Waals surface area (Å²) in [6, 6.07) is 0. The molecule has 0 aromatic heterocycles. The fourth-order valence-electron chi connectivity index (χ4n) is 0.767. The molecule has 0 fully saturated rings. The first-order valence-electron chi connectivity index (χ1n) is 4.31. The second-order valence-electron chi connectivity index (χ2n) is 3.44. The molecule has 0 rings (SSSR count). The zero-order valence-electron chi connectivity index (χ0n) is 8.37. The number of allylic oxidation sites excluding steroid dienone is 1. The summed E-state index contributed by atoms with van der Waals surface area (Å²) in [6.07, 6.45) is 4.31. The van der Waals surface area contributed by atoms with Crippen molar-refractivity contribution in [1.29, 1.82) is 0 Å². The molecule has 0 amide bonds. The molecule has 13 heavy (non-hydrogen) atoms. The molecule has 0 spiro atoms. The summed E-state index contributed by atoms with van der Waals surface area (Å²) >= 11 is 0. The molecule has 0 radical (unpaired) electrons. The predicted octanol–water partition coefficient (Wildman–Crippen LogP) is 1.72. The van der Waals surface area contributed by atoms with Crippen LogP contribution in [0, 0.1) is 5.41 Å². The van der Waals surface area contributed by atoms with Gasteiger partial charge in [0, 0.05) is 12.5 Å².